The maximum Gasteiger partial charge on any atom is 0.137 e. The van der Waals surface area contributed by atoms with Crippen molar-refractivity contribution in [2.24, 2.45) is 0 Å². The minimum atomic E-state index is 0. The number of terminal acetylenes is 1. The molecule has 0 aliphatic carbocycles. The van der Waals surface area contributed by atoms with Crippen molar-refractivity contribution in [3.8, 4) is 12.3 Å². The summed E-state index contributed by atoms with van der Waals surface area (Å²) >= 11 is 0. The molecule has 0 saturated carbocycles. The first kappa shape index (κ1) is 8.63. The van der Waals surface area contributed by atoms with Crippen LogP contribution in [-0.2, 0) is 0 Å². The van der Waals surface area contributed by atoms with E-state index in [0.717, 1.165) is 16.6 Å². The molecular weight excluding hydrogens is 172 g/mol. The Morgan fingerprint density at radius 3 is 3.08 bits per heavy atom. The molecule has 2 nitrogen and oxygen atoms in total. The van der Waals surface area contributed by atoms with E-state index < -0.39 is 0 Å². The molecule has 2 aromatic rings. The monoisotopic (exact) mass is 178 g/mol. The van der Waals surface area contributed by atoms with Crippen LogP contribution in [0.4, 0.5) is 0 Å². The average Bonchev–Trinajstić information content (AvgIpc) is 2.50. The third-order valence-electron chi connectivity index (χ3n) is 1.57. The fourth-order valence-corrected chi connectivity index (χ4v) is 1.02. The van der Waals surface area contributed by atoms with Gasteiger partial charge in [-0.05, 0) is 12.1 Å². The Labute approximate surface area is 76.4 Å². The molecule has 0 bridgehead atoms. The van der Waals surface area contributed by atoms with Crippen molar-refractivity contribution >= 4 is 23.4 Å². The highest BCUT2D eigenvalue weighted by Crippen LogP contribution is 2.09. The number of pyridine rings is 1. The zero-order valence-corrected chi connectivity index (χ0v) is 7.06. The van der Waals surface area contributed by atoms with Crippen molar-refractivity contribution in [3.05, 3.63) is 30.1 Å². The summed E-state index contributed by atoms with van der Waals surface area (Å²) in [4.78, 5) is 7.11. The van der Waals surface area contributed by atoms with Gasteiger partial charge in [-0.2, -0.15) is 0 Å². The molecule has 0 fully saturated rings. The normalized spacial score (nSPS) is 8.92. The molecule has 12 heavy (non-hydrogen) atoms. The lowest BCUT2D eigenvalue weighted by Gasteiger charge is -1.89. The summed E-state index contributed by atoms with van der Waals surface area (Å²) in [5.74, 6) is 2.53. The molecular formula is C9H7ClN2. The van der Waals surface area contributed by atoms with Crippen LogP contribution in [-0.4, -0.2) is 9.97 Å². The number of H-pyrrole nitrogens is 1. The summed E-state index contributed by atoms with van der Waals surface area (Å²) in [5.41, 5.74) is 1.70. The zero-order valence-electron chi connectivity index (χ0n) is 6.24. The Kier molecular flexibility index (Phi) is 2.37. The summed E-state index contributed by atoms with van der Waals surface area (Å²) < 4.78 is 0. The Balaban J connectivity index is 0.000000720. The minimum Gasteiger partial charge on any atom is -0.346 e. The predicted octanol–water partition coefficient (Wildman–Crippen LogP) is 1.97. The Bertz CT molecular complexity index is 425. The first-order valence-electron chi connectivity index (χ1n) is 3.30. The maximum absolute atomic E-state index is 5.21. The van der Waals surface area contributed by atoms with Crippen LogP contribution in [0, 0.1) is 12.3 Å². The van der Waals surface area contributed by atoms with Gasteiger partial charge in [0.05, 0.1) is 0 Å². The first-order valence-corrected chi connectivity index (χ1v) is 3.30. The summed E-state index contributed by atoms with van der Waals surface area (Å²) in [6.07, 6.45) is 8.73. The van der Waals surface area contributed by atoms with Crippen molar-refractivity contribution in [2.75, 3.05) is 0 Å². The van der Waals surface area contributed by atoms with Gasteiger partial charge >= 0.3 is 0 Å². The highest BCUT2D eigenvalue weighted by atomic mass is 35.5. The molecule has 0 aliphatic rings. The fraction of sp³-hybridized carbons (Fsp3) is 0. The molecule has 2 aromatic heterocycles. The van der Waals surface area contributed by atoms with E-state index in [9.17, 15) is 0 Å². The third kappa shape index (κ3) is 1.27. The van der Waals surface area contributed by atoms with Gasteiger partial charge < -0.3 is 4.98 Å². The molecule has 2 heterocycles. The van der Waals surface area contributed by atoms with Gasteiger partial charge in [0, 0.05) is 23.3 Å². The van der Waals surface area contributed by atoms with Crippen LogP contribution in [0.1, 0.15) is 5.56 Å². The number of nitrogens with one attached hydrogen (secondary N) is 1. The number of rotatable bonds is 0. The summed E-state index contributed by atoms with van der Waals surface area (Å²) in [6, 6.07) is 3.88. The number of hydrogen-bond donors (Lipinski definition) is 1. The highest BCUT2D eigenvalue weighted by molar-refractivity contribution is 5.85. The van der Waals surface area contributed by atoms with E-state index >= 15 is 0 Å². The minimum absolute atomic E-state index is 0. The summed E-state index contributed by atoms with van der Waals surface area (Å²) in [5, 5.41) is 1.06. The smallest absolute Gasteiger partial charge is 0.137 e. The van der Waals surface area contributed by atoms with Crippen LogP contribution < -0.4 is 0 Å². The molecule has 1 N–H and O–H groups in total. The lowest BCUT2D eigenvalue weighted by atomic mass is 10.2. The van der Waals surface area contributed by atoms with E-state index in [4.69, 9.17) is 6.42 Å². The van der Waals surface area contributed by atoms with Gasteiger partial charge in [0.1, 0.15) is 5.65 Å². The van der Waals surface area contributed by atoms with Crippen LogP contribution in [0.2, 0.25) is 0 Å². The van der Waals surface area contributed by atoms with Gasteiger partial charge in [0.15, 0.2) is 0 Å². The quantitative estimate of drug-likeness (QED) is 0.614. The van der Waals surface area contributed by atoms with Crippen LogP contribution in [0.25, 0.3) is 11.0 Å². The van der Waals surface area contributed by atoms with Crippen LogP contribution in [0.15, 0.2) is 24.5 Å². The van der Waals surface area contributed by atoms with Gasteiger partial charge in [-0.1, -0.05) is 5.92 Å². The molecule has 0 radical (unpaired) electrons. The van der Waals surface area contributed by atoms with Crippen LogP contribution in [0.3, 0.4) is 0 Å². The Hall–Kier alpha value is -1.46. The number of fused-ring (bicyclic) bond motifs is 1. The molecule has 0 atom stereocenters. The van der Waals surface area contributed by atoms with Crippen molar-refractivity contribution in [2.45, 2.75) is 0 Å². The van der Waals surface area contributed by atoms with Crippen molar-refractivity contribution < 1.29 is 0 Å². The summed E-state index contributed by atoms with van der Waals surface area (Å²) in [7, 11) is 0. The fourth-order valence-electron chi connectivity index (χ4n) is 1.02. The van der Waals surface area contributed by atoms with E-state index in [2.05, 4.69) is 15.9 Å². The van der Waals surface area contributed by atoms with E-state index in [1.165, 1.54) is 0 Å². The summed E-state index contributed by atoms with van der Waals surface area (Å²) in [6.45, 7) is 0. The molecule has 0 amide bonds. The van der Waals surface area contributed by atoms with Gasteiger partial charge in [-0.25, -0.2) is 4.98 Å². The number of halogens is 1. The maximum atomic E-state index is 5.21. The second-order valence-corrected chi connectivity index (χ2v) is 2.28. The Morgan fingerprint density at radius 1 is 1.50 bits per heavy atom. The van der Waals surface area contributed by atoms with Crippen molar-refractivity contribution in [1.29, 1.82) is 0 Å². The topological polar surface area (TPSA) is 28.7 Å². The molecule has 0 saturated heterocycles. The van der Waals surface area contributed by atoms with Gasteiger partial charge in [0.25, 0.3) is 0 Å². The van der Waals surface area contributed by atoms with Crippen LogP contribution >= 0.6 is 12.4 Å². The molecule has 60 valence electrons. The third-order valence-corrected chi connectivity index (χ3v) is 1.57. The molecule has 0 aliphatic heterocycles. The van der Waals surface area contributed by atoms with Crippen LogP contribution in [0.5, 0.6) is 0 Å². The Morgan fingerprint density at radius 2 is 2.33 bits per heavy atom. The number of aromatic amines is 1. The number of nitrogens with zero attached hydrogens (tertiary/aromatic N) is 1. The van der Waals surface area contributed by atoms with E-state index in [-0.39, 0.29) is 12.4 Å². The highest BCUT2D eigenvalue weighted by Gasteiger charge is 1.94. The van der Waals surface area contributed by atoms with Crippen molar-refractivity contribution in [3.63, 3.8) is 0 Å². The lowest BCUT2D eigenvalue weighted by Crippen LogP contribution is -1.78. The van der Waals surface area contributed by atoms with E-state index in [1.54, 1.807) is 6.20 Å². The largest absolute Gasteiger partial charge is 0.346 e. The standard InChI is InChI=1S/C9H6N2.ClH/c1-2-7-5-8-3-4-10-9(8)11-6-7;/h1,3-6H,(H,10,11);1H. The predicted molar refractivity (Wildman–Crippen MR) is 51.3 cm³/mol. The molecule has 3 heteroatoms. The van der Waals surface area contributed by atoms with Gasteiger partial charge in [0.2, 0.25) is 0 Å². The average molecular weight is 179 g/mol. The SMILES string of the molecule is C#Cc1cnc2[nH]ccc2c1.Cl. The molecule has 0 aromatic carbocycles. The lowest BCUT2D eigenvalue weighted by molar-refractivity contribution is 1.32. The van der Waals surface area contributed by atoms with Gasteiger partial charge in [-0.15, -0.1) is 18.8 Å². The molecule has 0 spiro atoms. The second-order valence-electron chi connectivity index (χ2n) is 2.28. The van der Waals surface area contributed by atoms with Crippen molar-refractivity contribution in [1.82, 2.24) is 9.97 Å². The van der Waals surface area contributed by atoms with Gasteiger partial charge in [-0.3, -0.25) is 0 Å². The number of hydrogen-bond acceptors (Lipinski definition) is 1. The number of aromatic nitrogens is 2. The zero-order chi connectivity index (χ0) is 7.68. The van der Waals surface area contributed by atoms with E-state index in [0.29, 0.717) is 0 Å². The second kappa shape index (κ2) is 3.29. The molecule has 0 unspecified atom stereocenters. The van der Waals surface area contributed by atoms with E-state index in [1.807, 2.05) is 18.3 Å². The molecule has 2 rings (SSSR count). The first-order chi connectivity index (χ1) is 5.40.